The van der Waals surface area contributed by atoms with E-state index in [1.165, 1.54) is 13.2 Å². The molecule has 2 aromatic rings. The molecule has 0 bridgehead atoms. The van der Waals surface area contributed by atoms with Crippen molar-refractivity contribution >= 4 is 28.6 Å². The van der Waals surface area contributed by atoms with Gasteiger partial charge in [0.2, 0.25) is 11.8 Å². The molecule has 2 amide bonds. The van der Waals surface area contributed by atoms with Crippen molar-refractivity contribution < 1.29 is 38.1 Å². The molecule has 0 spiro atoms. The lowest BCUT2D eigenvalue weighted by atomic mass is 10.0. The largest absolute Gasteiger partial charge is 0.507 e. The number of phenols is 1. The summed E-state index contributed by atoms with van der Waals surface area (Å²) in [6.45, 7) is 0.661. The van der Waals surface area contributed by atoms with Crippen molar-refractivity contribution in [3.8, 4) is 11.5 Å². The van der Waals surface area contributed by atoms with E-state index in [4.69, 9.17) is 10.5 Å². The Kier molecular flexibility index (Phi) is 9.15. The third kappa shape index (κ3) is 6.88. The van der Waals surface area contributed by atoms with E-state index in [9.17, 15) is 28.6 Å². The van der Waals surface area contributed by atoms with Gasteiger partial charge in [0.15, 0.2) is 0 Å². The molecule has 1 saturated heterocycles. The standard InChI is InChI=1S/C24H31N3O8S/c1-34-24(31)22-18(28)5-4-6-19(22)35-12-3-2-11-26-23(30)17(25)13-15-7-9-16(10-8-15)20-14-21(29)27-36(20,32)33/h4-10,17,20,28,32-33H,2-3,11-14,25H2,1H3,(H,26,30)(H,27,29)/t17-,20?/m0/s1. The molecule has 1 unspecified atom stereocenters. The Balaban J connectivity index is 1.39. The molecule has 12 heteroatoms. The second kappa shape index (κ2) is 12.1. The van der Waals surface area contributed by atoms with E-state index in [2.05, 4.69) is 14.8 Å². The summed E-state index contributed by atoms with van der Waals surface area (Å²) in [5, 5.41) is 12.0. The zero-order chi connectivity index (χ0) is 26.3. The number of ether oxygens (including phenoxy) is 2. The molecule has 1 aliphatic rings. The summed E-state index contributed by atoms with van der Waals surface area (Å²) in [5.74, 6) is -1.40. The molecule has 3 rings (SSSR count). The number of phenolic OH excluding ortho intramolecular Hbond substituents is 1. The Morgan fingerprint density at radius 1 is 1.19 bits per heavy atom. The highest BCUT2D eigenvalue weighted by molar-refractivity contribution is 8.23. The van der Waals surface area contributed by atoms with Crippen molar-refractivity contribution in [2.24, 2.45) is 5.73 Å². The molecule has 0 aromatic heterocycles. The summed E-state index contributed by atoms with van der Waals surface area (Å²) in [6, 6.07) is 10.6. The minimum Gasteiger partial charge on any atom is -0.507 e. The van der Waals surface area contributed by atoms with Crippen LogP contribution in [-0.2, 0) is 20.7 Å². The zero-order valence-corrected chi connectivity index (χ0v) is 20.6. The van der Waals surface area contributed by atoms with Crippen molar-refractivity contribution in [1.29, 1.82) is 0 Å². The number of esters is 1. The van der Waals surface area contributed by atoms with Gasteiger partial charge in [0, 0.05) is 6.54 Å². The van der Waals surface area contributed by atoms with Crippen LogP contribution < -0.4 is 20.5 Å². The predicted octanol–water partition coefficient (Wildman–Crippen LogP) is 2.25. The third-order valence-corrected chi connectivity index (χ3v) is 7.46. The minimum absolute atomic E-state index is 0.00883. The van der Waals surface area contributed by atoms with E-state index >= 15 is 0 Å². The monoisotopic (exact) mass is 521 g/mol. The van der Waals surface area contributed by atoms with Gasteiger partial charge in [-0.15, -0.1) is 10.8 Å². The summed E-state index contributed by atoms with van der Waals surface area (Å²) in [7, 11) is -1.99. The number of hydrogen-bond acceptors (Lipinski definition) is 9. The molecule has 0 saturated carbocycles. The van der Waals surface area contributed by atoms with Crippen LogP contribution >= 0.6 is 10.8 Å². The maximum atomic E-state index is 12.3. The van der Waals surface area contributed by atoms with Crippen molar-refractivity contribution in [2.75, 3.05) is 20.3 Å². The normalized spacial score (nSPS) is 18.1. The number of nitrogens with two attached hydrogens (primary N) is 1. The van der Waals surface area contributed by atoms with Gasteiger partial charge in [-0.1, -0.05) is 30.3 Å². The molecule has 11 nitrogen and oxygen atoms in total. The summed E-state index contributed by atoms with van der Waals surface area (Å²) < 4.78 is 32.5. The molecule has 196 valence electrons. The Morgan fingerprint density at radius 3 is 2.56 bits per heavy atom. The number of benzene rings is 2. The number of aromatic hydroxyl groups is 1. The zero-order valence-electron chi connectivity index (χ0n) is 19.8. The first-order valence-electron chi connectivity index (χ1n) is 11.3. The molecule has 36 heavy (non-hydrogen) atoms. The summed E-state index contributed by atoms with van der Waals surface area (Å²) in [5.41, 5.74) is 7.42. The number of unbranched alkanes of at least 4 members (excludes halogenated alkanes) is 1. The molecular weight excluding hydrogens is 490 g/mol. The second-order valence-electron chi connectivity index (χ2n) is 8.35. The van der Waals surface area contributed by atoms with Crippen LogP contribution in [0.5, 0.6) is 11.5 Å². The molecule has 7 N–H and O–H groups in total. The number of carbonyl (C=O) groups is 3. The van der Waals surface area contributed by atoms with Crippen LogP contribution in [0.15, 0.2) is 42.5 Å². The minimum atomic E-state index is -3.21. The van der Waals surface area contributed by atoms with Crippen LogP contribution in [-0.4, -0.2) is 58.3 Å². The summed E-state index contributed by atoms with van der Waals surface area (Å²) in [4.78, 5) is 35.6. The maximum Gasteiger partial charge on any atom is 0.345 e. The van der Waals surface area contributed by atoms with Gasteiger partial charge < -0.3 is 25.6 Å². The maximum absolute atomic E-state index is 12.3. The number of methoxy groups -OCH3 is 1. The Bertz CT molecular complexity index is 1090. The van der Waals surface area contributed by atoms with E-state index < -0.39 is 33.9 Å². The van der Waals surface area contributed by atoms with Gasteiger partial charge in [0.1, 0.15) is 22.3 Å². The van der Waals surface area contributed by atoms with E-state index in [0.717, 1.165) is 5.56 Å². The van der Waals surface area contributed by atoms with Crippen LogP contribution in [0.3, 0.4) is 0 Å². The first-order valence-corrected chi connectivity index (χ1v) is 13.0. The molecular formula is C24H31N3O8S. The average molecular weight is 522 g/mol. The van der Waals surface area contributed by atoms with E-state index in [0.29, 0.717) is 31.4 Å². The van der Waals surface area contributed by atoms with Gasteiger partial charge in [-0.25, -0.2) is 4.79 Å². The SMILES string of the molecule is COC(=O)c1c(O)cccc1OCCCCNC(=O)[C@@H](N)Cc1ccc(C2CC(=O)NS2(O)O)cc1. The van der Waals surface area contributed by atoms with Crippen molar-refractivity contribution in [1.82, 2.24) is 10.0 Å². The molecule has 0 radical (unpaired) electrons. The molecule has 2 aromatic carbocycles. The van der Waals surface area contributed by atoms with Gasteiger partial charge in [0.05, 0.1) is 26.2 Å². The number of carbonyl (C=O) groups excluding carboxylic acids is 3. The Morgan fingerprint density at radius 2 is 1.92 bits per heavy atom. The van der Waals surface area contributed by atoms with E-state index in [1.54, 1.807) is 36.4 Å². The fraction of sp³-hybridized carbons (Fsp3) is 0.375. The van der Waals surface area contributed by atoms with Gasteiger partial charge in [0.25, 0.3) is 0 Å². The molecule has 2 atom stereocenters. The van der Waals surface area contributed by atoms with E-state index in [1.807, 2.05) is 0 Å². The van der Waals surface area contributed by atoms with Crippen LogP contribution in [0, 0.1) is 0 Å². The highest BCUT2D eigenvalue weighted by atomic mass is 32.3. The fourth-order valence-electron chi connectivity index (χ4n) is 3.79. The lowest BCUT2D eigenvalue weighted by molar-refractivity contribution is -0.122. The third-order valence-electron chi connectivity index (χ3n) is 5.70. The van der Waals surface area contributed by atoms with Crippen LogP contribution in [0.1, 0.15) is 46.0 Å². The van der Waals surface area contributed by atoms with Crippen molar-refractivity contribution in [3.05, 3.63) is 59.2 Å². The van der Waals surface area contributed by atoms with Crippen molar-refractivity contribution in [2.45, 2.75) is 37.0 Å². The predicted molar refractivity (Wildman–Crippen MR) is 134 cm³/mol. The molecule has 1 heterocycles. The first kappa shape index (κ1) is 27.3. The lowest BCUT2D eigenvalue weighted by Crippen LogP contribution is -2.42. The summed E-state index contributed by atoms with van der Waals surface area (Å²) >= 11 is 0. The van der Waals surface area contributed by atoms with Crippen molar-refractivity contribution in [3.63, 3.8) is 0 Å². The fourth-order valence-corrected chi connectivity index (χ4v) is 5.27. The van der Waals surface area contributed by atoms with Gasteiger partial charge in [-0.3, -0.25) is 23.4 Å². The topological polar surface area (TPSA) is 180 Å². The first-order chi connectivity index (χ1) is 17.1. The highest BCUT2D eigenvalue weighted by Gasteiger charge is 2.37. The van der Waals surface area contributed by atoms with Crippen LogP contribution in [0.2, 0.25) is 0 Å². The van der Waals surface area contributed by atoms with Gasteiger partial charge in [-0.05, 0) is 42.5 Å². The van der Waals surface area contributed by atoms with Crippen LogP contribution in [0.4, 0.5) is 0 Å². The average Bonchev–Trinajstić information content (AvgIpc) is 3.12. The highest BCUT2D eigenvalue weighted by Crippen LogP contribution is 2.56. The molecule has 1 aliphatic heterocycles. The number of rotatable bonds is 11. The number of hydrogen-bond donors (Lipinski definition) is 6. The molecule has 0 aliphatic carbocycles. The quantitative estimate of drug-likeness (QED) is 0.191. The van der Waals surface area contributed by atoms with Crippen LogP contribution in [0.25, 0.3) is 0 Å². The van der Waals surface area contributed by atoms with Gasteiger partial charge >= 0.3 is 5.97 Å². The number of amides is 2. The second-order valence-corrected chi connectivity index (χ2v) is 10.3. The molecule has 1 fully saturated rings. The lowest BCUT2D eigenvalue weighted by Gasteiger charge is -2.32. The Labute approximate surface area is 210 Å². The van der Waals surface area contributed by atoms with E-state index in [-0.39, 0.29) is 36.0 Å². The smallest absolute Gasteiger partial charge is 0.345 e. The Hall–Kier alpha value is -3.32. The van der Waals surface area contributed by atoms with Gasteiger partial charge in [-0.2, -0.15) is 0 Å². The summed E-state index contributed by atoms with van der Waals surface area (Å²) in [6.07, 6.45) is 1.50. The number of nitrogens with one attached hydrogen (secondary N) is 2.